The van der Waals surface area contributed by atoms with Crippen molar-refractivity contribution in [3.8, 4) is 5.75 Å². The summed E-state index contributed by atoms with van der Waals surface area (Å²) in [6, 6.07) is 12.1. The molecule has 1 amide bonds. The van der Waals surface area contributed by atoms with E-state index in [1.807, 2.05) is 31.2 Å². The third-order valence-electron chi connectivity index (χ3n) is 6.39. The Morgan fingerprint density at radius 3 is 2.47 bits per heavy atom. The SMILES string of the molecule is COc1ccc(/C(O)=C2\C(=O)C(=O)N(CCCN3CCOCC3)[C@H]2c2ccc(Br)cc2)c(C)c1. The number of ether oxygens (including phenoxy) is 2. The molecule has 0 aromatic heterocycles. The second-order valence-electron chi connectivity index (χ2n) is 8.53. The van der Waals surface area contributed by atoms with Crippen LogP contribution in [0.4, 0.5) is 0 Å². The van der Waals surface area contributed by atoms with E-state index in [1.165, 1.54) is 0 Å². The summed E-state index contributed by atoms with van der Waals surface area (Å²) in [5.41, 5.74) is 2.16. The summed E-state index contributed by atoms with van der Waals surface area (Å²) < 4.78 is 11.6. The highest BCUT2D eigenvalue weighted by Gasteiger charge is 2.45. The molecule has 0 aliphatic carbocycles. The maximum absolute atomic E-state index is 13.2. The summed E-state index contributed by atoms with van der Waals surface area (Å²) in [5.74, 6) is -0.751. The Morgan fingerprint density at radius 2 is 1.82 bits per heavy atom. The number of amides is 1. The van der Waals surface area contributed by atoms with Gasteiger partial charge in [-0.3, -0.25) is 14.5 Å². The lowest BCUT2D eigenvalue weighted by Gasteiger charge is -2.29. The molecule has 1 atom stereocenters. The first-order chi connectivity index (χ1) is 16.4. The molecule has 2 aromatic rings. The molecule has 2 aromatic carbocycles. The van der Waals surface area contributed by atoms with Gasteiger partial charge in [0.2, 0.25) is 0 Å². The standard InChI is InChI=1S/C26H29BrN2O5/c1-17-16-20(33-2)8-9-21(17)24(30)22-23(18-4-6-19(27)7-5-18)29(26(32)25(22)31)11-3-10-28-12-14-34-15-13-28/h4-9,16,23,30H,3,10-15H2,1-2H3/b24-22+/t23-/m0/s1. The van der Waals surface area contributed by atoms with Crippen LogP contribution in [-0.2, 0) is 14.3 Å². The second-order valence-corrected chi connectivity index (χ2v) is 9.45. The van der Waals surface area contributed by atoms with Crippen molar-refractivity contribution in [2.24, 2.45) is 0 Å². The van der Waals surface area contributed by atoms with Crippen LogP contribution in [0, 0.1) is 6.92 Å². The topological polar surface area (TPSA) is 79.3 Å². The Morgan fingerprint density at radius 1 is 1.12 bits per heavy atom. The number of ketones is 1. The normalized spacial score (nSPS) is 20.7. The molecule has 4 rings (SSSR count). The van der Waals surface area contributed by atoms with Crippen LogP contribution in [0.5, 0.6) is 5.75 Å². The van der Waals surface area contributed by atoms with Gasteiger partial charge in [-0.1, -0.05) is 28.1 Å². The van der Waals surface area contributed by atoms with Gasteiger partial charge < -0.3 is 19.5 Å². The summed E-state index contributed by atoms with van der Waals surface area (Å²) in [6.45, 7) is 6.23. The summed E-state index contributed by atoms with van der Waals surface area (Å²) >= 11 is 3.45. The monoisotopic (exact) mass is 528 g/mol. The number of aliphatic hydroxyl groups excluding tert-OH is 1. The van der Waals surface area contributed by atoms with Crippen molar-refractivity contribution in [2.45, 2.75) is 19.4 Å². The van der Waals surface area contributed by atoms with Gasteiger partial charge in [-0.05, 0) is 54.8 Å². The third-order valence-corrected chi connectivity index (χ3v) is 6.92. The average Bonchev–Trinajstić information content (AvgIpc) is 3.09. The van der Waals surface area contributed by atoms with Gasteiger partial charge in [0.25, 0.3) is 11.7 Å². The molecule has 2 aliphatic heterocycles. The zero-order valence-corrected chi connectivity index (χ0v) is 21.0. The number of nitrogens with zero attached hydrogens (tertiary/aromatic N) is 2. The van der Waals surface area contributed by atoms with E-state index in [0.717, 1.165) is 41.7 Å². The van der Waals surface area contributed by atoms with E-state index >= 15 is 0 Å². The molecule has 2 saturated heterocycles. The number of rotatable bonds is 7. The van der Waals surface area contributed by atoms with Crippen molar-refractivity contribution in [1.29, 1.82) is 0 Å². The van der Waals surface area contributed by atoms with Gasteiger partial charge in [-0.25, -0.2) is 0 Å². The van der Waals surface area contributed by atoms with Gasteiger partial charge in [-0.2, -0.15) is 0 Å². The van der Waals surface area contributed by atoms with E-state index in [0.29, 0.717) is 31.1 Å². The molecule has 0 radical (unpaired) electrons. The van der Waals surface area contributed by atoms with E-state index in [9.17, 15) is 14.7 Å². The predicted molar refractivity (Wildman–Crippen MR) is 133 cm³/mol. The molecule has 0 saturated carbocycles. The molecule has 2 aliphatic rings. The van der Waals surface area contributed by atoms with Crippen LogP contribution >= 0.6 is 15.9 Å². The van der Waals surface area contributed by atoms with Gasteiger partial charge in [0, 0.05) is 36.2 Å². The summed E-state index contributed by atoms with van der Waals surface area (Å²) in [5, 5.41) is 11.3. The first-order valence-corrected chi connectivity index (χ1v) is 12.2. The fraction of sp³-hybridized carbons (Fsp3) is 0.385. The maximum atomic E-state index is 13.2. The maximum Gasteiger partial charge on any atom is 0.295 e. The number of likely N-dealkylation sites (tertiary alicyclic amines) is 1. The highest BCUT2D eigenvalue weighted by atomic mass is 79.9. The number of methoxy groups -OCH3 is 1. The van der Waals surface area contributed by atoms with E-state index in [2.05, 4.69) is 20.8 Å². The van der Waals surface area contributed by atoms with Crippen molar-refractivity contribution in [3.05, 3.63) is 69.2 Å². The molecule has 0 spiro atoms. The Hall–Kier alpha value is -2.68. The highest BCUT2D eigenvalue weighted by Crippen LogP contribution is 2.40. The first kappa shape index (κ1) is 24.4. The summed E-state index contributed by atoms with van der Waals surface area (Å²) in [6.07, 6.45) is 0.724. The average molecular weight is 529 g/mol. The van der Waals surface area contributed by atoms with E-state index in [-0.39, 0.29) is 11.3 Å². The molecular formula is C26H29BrN2O5. The number of aliphatic hydroxyl groups is 1. The van der Waals surface area contributed by atoms with Gasteiger partial charge >= 0.3 is 0 Å². The van der Waals surface area contributed by atoms with E-state index in [1.54, 1.807) is 30.2 Å². The Labute approximate surface area is 208 Å². The highest BCUT2D eigenvalue weighted by molar-refractivity contribution is 9.10. The number of hydrogen-bond acceptors (Lipinski definition) is 6. The number of morpholine rings is 1. The number of carbonyl (C=O) groups excluding carboxylic acids is 2. The van der Waals surface area contributed by atoms with Crippen molar-refractivity contribution < 1.29 is 24.2 Å². The number of carbonyl (C=O) groups is 2. The van der Waals surface area contributed by atoms with Crippen LogP contribution in [0.1, 0.15) is 29.2 Å². The minimum Gasteiger partial charge on any atom is -0.507 e. The molecule has 180 valence electrons. The van der Waals surface area contributed by atoms with E-state index in [4.69, 9.17) is 9.47 Å². The van der Waals surface area contributed by atoms with Crippen molar-refractivity contribution in [3.63, 3.8) is 0 Å². The van der Waals surface area contributed by atoms with Gasteiger partial charge in [-0.15, -0.1) is 0 Å². The largest absolute Gasteiger partial charge is 0.507 e. The minimum absolute atomic E-state index is 0.118. The fourth-order valence-corrected chi connectivity index (χ4v) is 4.83. The number of Topliss-reactive ketones (excluding diaryl/α,β-unsaturated/α-hetero) is 1. The van der Waals surface area contributed by atoms with Crippen molar-refractivity contribution >= 4 is 33.4 Å². The van der Waals surface area contributed by atoms with E-state index < -0.39 is 17.7 Å². The van der Waals surface area contributed by atoms with Crippen LogP contribution in [-0.4, -0.2) is 73.1 Å². The van der Waals surface area contributed by atoms with Crippen molar-refractivity contribution in [1.82, 2.24) is 9.80 Å². The number of aryl methyl sites for hydroxylation is 1. The summed E-state index contributed by atoms with van der Waals surface area (Å²) in [4.78, 5) is 30.2. The molecule has 0 bridgehead atoms. The Bertz CT molecular complexity index is 1090. The Kier molecular flexibility index (Phi) is 7.70. The van der Waals surface area contributed by atoms with Crippen LogP contribution in [0.15, 0.2) is 52.5 Å². The molecule has 8 heteroatoms. The van der Waals surface area contributed by atoms with Crippen LogP contribution in [0.2, 0.25) is 0 Å². The zero-order valence-electron chi connectivity index (χ0n) is 19.4. The molecule has 7 nitrogen and oxygen atoms in total. The fourth-order valence-electron chi connectivity index (χ4n) is 4.57. The van der Waals surface area contributed by atoms with Gasteiger partial charge in [0.1, 0.15) is 11.5 Å². The molecule has 2 fully saturated rings. The first-order valence-electron chi connectivity index (χ1n) is 11.4. The smallest absolute Gasteiger partial charge is 0.295 e. The predicted octanol–water partition coefficient (Wildman–Crippen LogP) is 3.91. The van der Waals surface area contributed by atoms with Crippen LogP contribution < -0.4 is 4.74 Å². The lowest BCUT2D eigenvalue weighted by Crippen LogP contribution is -2.38. The molecular weight excluding hydrogens is 500 g/mol. The molecule has 1 N–H and O–H groups in total. The lowest BCUT2D eigenvalue weighted by atomic mass is 9.94. The third kappa shape index (κ3) is 5.04. The van der Waals surface area contributed by atoms with Crippen LogP contribution in [0.3, 0.4) is 0 Å². The lowest BCUT2D eigenvalue weighted by molar-refractivity contribution is -0.140. The molecule has 2 heterocycles. The Balaban J connectivity index is 1.69. The number of halogens is 1. The second kappa shape index (κ2) is 10.7. The quantitative estimate of drug-likeness (QED) is 0.333. The van der Waals surface area contributed by atoms with Crippen LogP contribution in [0.25, 0.3) is 5.76 Å². The summed E-state index contributed by atoms with van der Waals surface area (Å²) in [7, 11) is 1.57. The van der Waals surface area contributed by atoms with Gasteiger partial charge in [0.05, 0.1) is 31.9 Å². The van der Waals surface area contributed by atoms with Crippen molar-refractivity contribution in [2.75, 3.05) is 46.5 Å². The zero-order chi connectivity index (χ0) is 24.2. The van der Waals surface area contributed by atoms with Gasteiger partial charge in [0.15, 0.2) is 0 Å². The molecule has 34 heavy (non-hydrogen) atoms. The minimum atomic E-state index is -0.660. The number of benzene rings is 2. The number of hydrogen-bond donors (Lipinski definition) is 1. The molecule has 0 unspecified atom stereocenters.